The van der Waals surface area contributed by atoms with Crippen molar-refractivity contribution in [2.24, 2.45) is 10.7 Å². The van der Waals surface area contributed by atoms with Gasteiger partial charge in [-0.25, -0.2) is 9.79 Å². The van der Waals surface area contributed by atoms with Gasteiger partial charge in [0.1, 0.15) is 18.1 Å². The first-order valence-electron chi connectivity index (χ1n) is 8.15. The zero-order valence-corrected chi connectivity index (χ0v) is 14.2. The minimum Gasteiger partial charge on any atom is -0.493 e. The van der Waals surface area contributed by atoms with Gasteiger partial charge in [-0.2, -0.15) is 0 Å². The molecule has 3 heterocycles. The molecule has 0 radical (unpaired) electrons. The summed E-state index contributed by atoms with van der Waals surface area (Å²) in [7, 11) is 1.59. The summed E-state index contributed by atoms with van der Waals surface area (Å²) in [5.74, 6) is 2.02. The van der Waals surface area contributed by atoms with Crippen LogP contribution in [-0.4, -0.2) is 42.1 Å². The van der Waals surface area contributed by atoms with Crippen LogP contribution >= 0.6 is 0 Å². The van der Waals surface area contributed by atoms with E-state index in [-0.39, 0.29) is 11.5 Å². The van der Waals surface area contributed by atoms with E-state index in [9.17, 15) is 4.79 Å². The number of ether oxygens (including phenoxy) is 3. The van der Waals surface area contributed by atoms with Crippen molar-refractivity contribution in [2.45, 2.75) is 12.9 Å². The number of amidine groups is 1. The predicted molar refractivity (Wildman–Crippen MR) is 95.9 cm³/mol. The highest BCUT2D eigenvalue weighted by Gasteiger charge is 2.25. The third-order valence-corrected chi connectivity index (χ3v) is 4.18. The molecule has 1 atom stereocenters. The minimum atomic E-state index is -0.663. The summed E-state index contributed by atoms with van der Waals surface area (Å²) in [6.45, 7) is 1.01. The van der Waals surface area contributed by atoms with Gasteiger partial charge in [0.05, 0.1) is 20.3 Å². The van der Waals surface area contributed by atoms with E-state index in [1.165, 1.54) is 0 Å². The van der Waals surface area contributed by atoms with Gasteiger partial charge >= 0.3 is 5.69 Å². The Morgan fingerprint density at radius 1 is 1.35 bits per heavy atom. The highest BCUT2D eigenvalue weighted by molar-refractivity contribution is 6.01. The van der Waals surface area contributed by atoms with Gasteiger partial charge in [0.2, 0.25) is 6.35 Å². The molecule has 0 aliphatic carbocycles. The van der Waals surface area contributed by atoms with E-state index in [0.717, 1.165) is 5.56 Å². The van der Waals surface area contributed by atoms with Crippen LogP contribution in [0.1, 0.15) is 11.3 Å². The average Bonchev–Trinajstić information content (AvgIpc) is 2.94. The maximum atomic E-state index is 12.4. The molecular weight excluding hydrogens is 338 g/mol. The number of H-pyrrole nitrogens is 1. The summed E-state index contributed by atoms with van der Waals surface area (Å²) in [6, 6.07) is 5.56. The first-order chi connectivity index (χ1) is 12.7. The van der Waals surface area contributed by atoms with Crippen LogP contribution in [0.4, 0.5) is 5.82 Å². The molecule has 0 saturated carbocycles. The third kappa shape index (κ3) is 2.93. The number of nitrogens with two attached hydrogens (primary N) is 1. The smallest absolute Gasteiger partial charge is 0.328 e. The molecule has 1 aromatic carbocycles. The van der Waals surface area contributed by atoms with Gasteiger partial charge in [-0.1, -0.05) is 12.1 Å². The van der Waals surface area contributed by atoms with Crippen LogP contribution in [0.3, 0.4) is 0 Å². The SMILES string of the molecule is COc1ccc2cc1OC/C=C\COC1N=C(N)c3[nH]c(=O)n(c3N1)C2. The molecule has 0 amide bonds. The molecule has 136 valence electrons. The maximum absolute atomic E-state index is 12.4. The molecule has 0 spiro atoms. The van der Waals surface area contributed by atoms with Gasteiger partial charge in [-0.3, -0.25) is 4.57 Å². The Bertz CT molecular complexity index is 943. The van der Waals surface area contributed by atoms with Crippen LogP contribution in [0, 0.1) is 0 Å². The van der Waals surface area contributed by atoms with Gasteiger partial charge in [-0.15, -0.1) is 0 Å². The number of anilines is 1. The first-order valence-corrected chi connectivity index (χ1v) is 8.15. The number of nitrogens with one attached hydrogen (secondary N) is 2. The quantitative estimate of drug-likeness (QED) is 0.644. The van der Waals surface area contributed by atoms with Gasteiger partial charge < -0.3 is 30.2 Å². The van der Waals surface area contributed by atoms with Crippen molar-refractivity contribution in [2.75, 3.05) is 25.6 Å². The Morgan fingerprint density at radius 2 is 2.19 bits per heavy atom. The summed E-state index contributed by atoms with van der Waals surface area (Å²) in [5.41, 5.74) is 7.04. The standard InChI is InChI=1S/C17H19N5O4/c1-24-11-5-4-10-8-12(11)25-6-2-3-7-26-16-20-14(18)13-15(21-16)22(9-10)17(23)19-13/h2-5,8,16,21H,6-7,9H2,1H3,(H2,18,20)(H,19,23)/b3-2-. The summed E-state index contributed by atoms with van der Waals surface area (Å²) in [4.78, 5) is 19.4. The lowest BCUT2D eigenvalue weighted by Gasteiger charge is -2.22. The lowest BCUT2D eigenvalue weighted by Crippen LogP contribution is -2.33. The summed E-state index contributed by atoms with van der Waals surface area (Å²) in [5, 5.41) is 3.10. The second kappa shape index (κ2) is 6.60. The number of imidazole rings is 1. The average molecular weight is 357 g/mol. The van der Waals surface area contributed by atoms with E-state index in [1.54, 1.807) is 11.7 Å². The van der Waals surface area contributed by atoms with Gasteiger partial charge in [0.25, 0.3) is 0 Å². The molecule has 26 heavy (non-hydrogen) atoms. The molecule has 2 aliphatic rings. The van der Waals surface area contributed by atoms with Crippen LogP contribution in [0.2, 0.25) is 0 Å². The monoisotopic (exact) mass is 357 g/mol. The number of nitrogens with zero attached hydrogens (tertiary/aromatic N) is 2. The van der Waals surface area contributed by atoms with Crippen molar-refractivity contribution in [3.05, 3.63) is 52.1 Å². The Labute approximate surface area is 149 Å². The normalized spacial score (nSPS) is 20.2. The number of rotatable bonds is 1. The van der Waals surface area contributed by atoms with Crippen molar-refractivity contribution in [3.63, 3.8) is 0 Å². The second-order valence-electron chi connectivity index (χ2n) is 5.85. The zero-order chi connectivity index (χ0) is 18.1. The number of fused-ring (bicyclic) bond motifs is 3. The van der Waals surface area contributed by atoms with Gasteiger partial charge in [0, 0.05) is 0 Å². The molecule has 1 unspecified atom stereocenters. The summed E-state index contributed by atoms with van der Waals surface area (Å²) < 4.78 is 18.3. The number of aliphatic imine (C=N–C) groups is 1. The van der Waals surface area contributed by atoms with E-state index >= 15 is 0 Å². The fourth-order valence-corrected chi connectivity index (χ4v) is 2.91. The van der Waals surface area contributed by atoms with E-state index < -0.39 is 6.35 Å². The molecule has 4 rings (SSSR count). The molecule has 4 N–H and O–H groups in total. The van der Waals surface area contributed by atoms with Crippen LogP contribution in [0.25, 0.3) is 0 Å². The topological polar surface area (TPSA) is 116 Å². The molecule has 0 fully saturated rings. The second-order valence-corrected chi connectivity index (χ2v) is 5.85. The van der Waals surface area contributed by atoms with E-state index in [2.05, 4.69) is 15.3 Å². The van der Waals surface area contributed by atoms with Crippen molar-refractivity contribution in [1.29, 1.82) is 0 Å². The van der Waals surface area contributed by atoms with Gasteiger partial charge in [-0.05, 0) is 23.8 Å². The Hall–Kier alpha value is -3.20. The predicted octanol–water partition coefficient (Wildman–Crippen LogP) is 0.613. The third-order valence-electron chi connectivity index (χ3n) is 4.18. The number of aromatic nitrogens is 2. The van der Waals surface area contributed by atoms with E-state index in [1.807, 2.05) is 30.4 Å². The van der Waals surface area contributed by atoms with Crippen LogP contribution in [-0.2, 0) is 11.3 Å². The zero-order valence-electron chi connectivity index (χ0n) is 14.2. The molecular formula is C17H19N5O4. The molecule has 0 saturated heterocycles. The largest absolute Gasteiger partial charge is 0.493 e. The van der Waals surface area contributed by atoms with Gasteiger partial charge in [0.15, 0.2) is 17.3 Å². The molecule has 2 aromatic rings. The Kier molecular flexibility index (Phi) is 4.13. The fraction of sp³-hybridized carbons (Fsp3) is 0.294. The Morgan fingerprint density at radius 3 is 3.04 bits per heavy atom. The number of benzene rings is 1. The molecule has 1 aromatic heterocycles. The maximum Gasteiger partial charge on any atom is 0.328 e. The minimum absolute atomic E-state index is 0.231. The highest BCUT2D eigenvalue weighted by Crippen LogP contribution is 2.29. The lowest BCUT2D eigenvalue weighted by atomic mass is 10.2. The lowest BCUT2D eigenvalue weighted by molar-refractivity contribution is 0.100. The number of hydrogen-bond donors (Lipinski definition) is 3. The Balaban J connectivity index is 1.80. The molecule has 9 heteroatoms. The number of hydrogen-bond acceptors (Lipinski definition) is 7. The molecule has 4 bridgehead atoms. The van der Waals surface area contributed by atoms with Crippen LogP contribution < -0.4 is 26.2 Å². The van der Waals surface area contributed by atoms with E-state index in [4.69, 9.17) is 19.9 Å². The first kappa shape index (κ1) is 16.3. The van der Waals surface area contributed by atoms with Crippen molar-refractivity contribution < 1.29 is 14.2 Å². The van der Waals surface area contributed by atoms with Crippen LogP contribution in [0.5, 0.6) is 11.5 Å². The van der Waals surface area contributed by atoms with E-state index in [0.29, 0.717) is 42.8 Å². The summed E-state index contributed by atoms with van der Waals surface area (Å²) in [6.07, 6.45) is 3.02. The molecule has 9 nitrogen and oxygen atoms in total. The van der Waals surface area contributed by atoms with Crippen molar-refractivity contribution >= 4 is 11.7 Å². The van der Waals surface area contributed by atoms with Crippen molar-refractivity contribution in [1.82, 2.24) is 9.55 Å². The fourth-order valence-electron chi connectivity index (χ4n) is 2.91. The molecule has 2 aliphatic heterocycles. The summed E-state index contributed by atoms with van der Waals surface area (Å²) >= 11 is 0. The number of methoxy groups -OCH3 is 1. The number of aromatic amines is 1. The highest BCUT2D eigenvalue weighted by atomic mass is 16.5. The van der Waals surface area contributed by atoms with Crippen molar-refractivity contribution in [3.8, 4) is 11.5 Å². The van der Waals surface area contributed by atoms with Crippen LogP contribution in [0.15, 0.2) is 40.1 Å².